The van der Waals surface area contributed by atoms with Crippen LogP contribution in [0.15, 0.2) is 30.6 Å². The van der Waals surface area contributed by atoms with E-state index in [9.17, 15) is 0 Å². The average molecular weight is 201 g/mol. The summed E-state index contributed by atoms with van der Waals surface area (Å²) in [6.07, 6.45) is 7.98. The molecule has 0 atom stereocenters. The minimum absolute atomic E-state index is 0.986. The third-order valence-corrected chi connectivity index (χ3v) is 2.98. The van der Waals surface area contributed by atoms with Crippen LogP contribution in [0, 0.1) is 5.92 Å². The third kappa shape index (κ3) is 1.82. The van der Waals surface area contributed by atoms with E-state index in [1.807, 2.05) is 24.5 Å². The van der Waals surface area contributed by atoms with Crippen LogP contribution in [-0.4, -0.2) is 15.9 Å². The maximum atomic E-state index is 4.26. The van der Waals surface area contributed by atoms with Gasteiger partial charge >= 0.3 is 0 Å². The molecule has 0 unspecified atom stereocenters. The molecule has 0 saturated heterocycles. The third-order valence-electron chi connectivity index (χ3n) is 2.98. The van der Waals surface area contributed by atoms with Crippen molar-refractivity contribution in [2.45, 2.75) is 19.3 Å². The first kappa shape index (κ1) is 8.77. The van der Waals surface area contributed by atoms with E-state index in [0.29, 0.717) is 0 Å². The van der Waals surface area contributed by atoms with Crippen molar-refractivity contribution in [3.63, 3.8) is 0 Å². The van der Waals surface area contributed by atoms with Crippen molar-refractivity contribution in [1.29, 1.82) is 0 Å². The van der Waals surface area contributed by atoms with Gasteiger partial charge in [0, 0.05) is 18.9 Å². The molecule has 1 aliphatic carbocycles. The van der Waals surface area contributed by atoms with Crippen LogP contribution in [0.4, 0.5) is 5.82 Å². The second-order valence-electron chi connectivity index (χ2n) is 4.23. The van der Waals surface area contributed by atoms with Crippen molar-refractivity contribution in [1.82, 2.24) is 9.38 Å². The van der Waals surface area contributed by atoms with Crippen molar-refractivity contribution < 1.29 is 0 Å². The van der Waals surface area contributed by atoms with Crippen LogP contribution in [0.3, 0.4) is 0 Å². The molecule has 0 bridgehead atoms. The summed E-state index contributed by atoms with van der Waals surface area (Å²) < 4.78 is 2.09. The van der Waals surface area contributed by atoms with Gasteiger partial charge in [0.25, 0.3) is 0 Å². The summed E-state index contributed by atoms with van der Waals surface area (Å²) in [6.45, 7) is 1.07. The fourth-order valence-corrected chi connectivity index (χ4v) is 1.90. The number of rotatable bonds is 4. The van der Waals surface area contributed by atoms with Gasteiger partial charge in [0.2, 0.25) is 0 Å². The molecule has 0 aromatic carbocycles. The maximum absolute atomic E-state index is 4.26. The van der Waals surface area contributed by atoms with Crippen molar-refractivity contribution in [3.8, 4) is 0 Å². The predicted molar refractivity (Wildman–Crippen MR) is 61.0 cm³/mol. The summed E-state index contributed by atoms with van der Waals surface area (Å²) in [6, 6.07) is 6.16. The fraction of sp³-hybridized carbons (Fsp3) is 0.417. The van der Waals surface area contributed by atoms with E-state index in [2.05, 4.69) is 20.8 Å². The number of hydrogen-bond donors (Lipinski definition) is 1. The fourth-order valence-electron chi connectivity index (χ4n) is 1.90. The lowest BCUT2D eigenvalue weighted by Gasteiger charge is -2.07. The molecule has 2 aromatic heterocycles. The highest BCUT2D eigenvalue weighted by atomic mass is 15.1. The molecular formula is C12H15N3. The first-order valence-electron chi connectivity index (χ1n) is 5.59. The van der Waals surface area contributed by atoms with E-state index in [1.165, 1.54) is 19.3 Å². The molecule has 2 heterocycles. The van der Waals surface area contributed by atoms with Gasteiger partial charge in [-0.15, -0.1) is 0 Å². The zero-order valence-corrected chi connectivity index (χ0v) is 8.69. The molecule has 3 rings (SSSR count). The zero-order valence-electron chi connectivity index (χ0n) is 8.69. The quantitative estimate of drug-likeness (QED) is 0.823. The first-order chi connectivity index (χ1) is 7.43. The van der Waals surface area contributed by atoms with Crippen molar-refractivity contribution in [3.05, 3.63) is 30.6 Å². The summed E-state index contributed by atoms with van der Waals surface area (Å²) in [5, 5.41) is 3.47. The van der Waals surface area contributed by atoms with E-state index in [-0.39, 0.29) is 0 Å². The van der Waals surface area contributed by atoms with Gasteiger partial charge in [-0.2, -0.15) is 0 Å². The first-order valence-corrected chi connectivity index (χ1v) is 5.59. The average Bonchev–Trinajstić information content (AvgIpc) is 2.95. The normalized spacial score (nSPS) is 15.7. The number of fused-ring (bicyclic) bond motifs is 1. The number of nitrogens with zero attached hydrogens (tertiary/aromatic N) is 2. The highest BCUT2D eigenvalue weighted by Gasteiger charge is 2.20. The molecule has 1 aliphatic rings. The predicted octanol–water partition coefficient (Wildman–Crippen LogP) is 2.55. The molecular weight excluding hydrogens is 186 g/mol. The molecule has 2 aromatic rings. The Morgan fingerprint density at radius 2 is 2.33 bits per heavy atom. The largest absolute Gasteiger partial charge is 0.371 e. The lowest BCUT2D eigenvalue weighted by Crippen LogP contribution is -2.05. The Bertz CT molecular complexity index is 457. The number of nitrogens with one attached hydrogen (secondary N) is 1. The Kier molecular flexibility index (Phi) is 2.09. The Balaban J connectivity index is 1.74. The summed E-state index contributed by atoms with van der Waals surface area (Å²) >= 11 is 0. The molecule has 1 fully saturated rings. The standard InChI is InChI=1S/C12H15N3/c1-2-11(13-7-6-10-4-5-10)15-9-8-14-12(15)3-1/h1-3,8-10,13H,4-7H2. The number of imidazole rings is 1. The van der Waals surface area contributed by atoms with Gasteiger partial charge in [-0.1, -0.05) is 18.9 Å². The SMILES string of the molecule is c1cc(NCCC2CC2)n2ccnc2c1. The summed E-state index contributed by atoms with van der Waals surface area (Å²) in [5.41, 5.74) is 1.01. The topological polar surface area (TPSA) is 29.3 Å². The van der Waals surface area contributed by atoms with Crippen LogP contribution in [0.25, 0.3) is 5.65 Å². The van der Waals surface area contributed by atoms with Gasteiger partial charge < -0.3 is 5.32 Å². The van der Waals surface area contributed by atoms with Gasteiger partial charge in [0.15, 0.2) is 0 Å². The molecule has 0 aliphatic heterocycles. The summed E-state index contributed by atoms with van der Waals surface area (Å²) in [4.78, 5) is 4.26. The van der Waals surface area contributed by atoms with Crippen LogP contribution >= 0.6 is 0 Å². The highest BCUT2D eigenvalue weighted by Crippen LogP contribution is 2.32. The van der Waals surface area contributed by atoms with Crippen LogP contribution in [0.1, 0.15) is 19.3 Å². The van der Waals surface area contributed by atoms with Crippen LogP contribution in [0.2, 0.25) is 0 Å². The van der Waals surface area contributed by atoms with E-state index >= 15 is 0 Å². The Labute approximate surface area is 89.1 Å². The highest BCUT2D eigenvalue weighted by molar-refractivity contribution is 5.49. The van der Waals surface area contributed by atoms with E-state index in [4.69, 9.17) is 0 Å². The lowest BCUT2D eigenvalue weighted by atomic mass is 10.3. The number of pyridine rings is 1. The zero-order chi connectivity index (χ0) is 10.1. The molecule has 0 radical (unpaired) electrons. The van der Waals surface area contributed by atoms with Gasteiger partial charge in [-0.25, -0.2) is 4.98 Å². The van der Waals surface area contributed by atoms with Crippen molar-refractivity contribution in [2.24, 2.45) is 5.92 Å². The van der Waals surface area contributed by atoms with E-state index in [1.54, 1.807) is 0 Å². The molecule has 0 spiro atoms. The molecule has 1 N–H and O–H groups in total. The lowest BCUT2D eigenvalue weighted by molar-refractivity contribution is 0.757. The van der Waals surface area contributed by atoms with Crippen molar-refractivity contribution in [2.75, 3.05) is 11.9 Å². The van der Waals surface area contributed by atoms with Crippen LogP contribution in [0.5, 0.6) is 0 Å². The van der Waals surface area contributed by atoms with Crippen LogP contribution < -0.4 is 5.32 Å². The molecule has 1 saturated carbocycles. The van der Waals surface area contributed by atoms with Gasteiger partial charge in [0.05, 0.1) is 0 Å². The van der Waals surface area contributed by atoms with Crippen molar-refractivity contribution >= 4 is 11.5 Å². The monoisotopic (exact) mass is 201 g/mol. The molecule has 0 amide bonds. The Hall–Kier alpha value is -1.51. The Morgan fingerprint density at radius 3 is 3.20 bits per heavy atom. The minimum atomic E-state index is 0.986. The van der Waals surface area contributed by atoms with E-state index in [0.717, 1.165) is 23.9 Å². The summed E-state index contributed by atoms with van der Waals surface area (Å²) in [7, 11) is 0. The second kappa shape index (κ2) is 3.57. The second-order valence-corrected chi connectivity index (χ2v) is 4.23. The number of anilines is 1. The number of hydrogen-bond acceptors (Lipinski definition) is 2. The minimum Gasteiger partial charge on any atom is -0.371 e. The van der Waals surface area contributed by atoms with Crippen LogP contribution in [-0.2, 0) is 0 Å². The molecule has 3 nitrogen and oxygen atoms in total. The molecule has 78 valence electrons. The molecule has 15 heavy (non-hydrogen) atoms. The van der Waals surface area contributed by atoms with E-state index < -0.39 is 0 Å². The summed E-state index contributed by atoms with van der Waals surface area (Å²) in [5.74, 6) is 2.13. The number of aromatic nitrogens is 2. The van der Waals surface area contributed by atoms with Gasteiger partial charge in [-0.05, 0) is 24.5 Å². The Morgan fingerprint density at radius 1 is 1.40 bits per heavy atom. The molecule has 3 heteroatoms. The van der Waals surface area contributed by atoms with Gasteiger partial charge in [0.1, 0.15) is 11.5 Å². The van der Waals surface area contributed by atoms with Gasteiger partial charge in [-0.3, -0.25) is 4.40 Å². The maximum Gasteiger partial charge on any atom is 0.138 e. The smallest absolute Gasteiger partial charge is 0.138 e.